The molecule has 0 radical (unpaired) electrons. The molecule has 0 aliphatic heterocycles. The van der Waals surface area contributed by atoms with Crippen LogP contribution in [0, 0.1) is 0 Å². The van der Waals surface area contributed by atoms with E-state index in [-0.39, 0.29) is 5.69 Å². The molecule has 0 fully saturated rings. The van der Waals surface area contributed by atoms with E-state index in [2.05, 4.69) is 5.10 Å². The van der Waals surface area contributed by atoms with Crippen LogP contribution in [0.25, 0.3) is 5.69 Å². The summed E-state index contributed by atoms with van der Waals surface area (Å²) in [4.78, 5) is 0. The van der Waals surface area contributed by atoms with Gasteiger partial charge in [0.1, 0.15) is 5.69 Å². The lowest BCUT2D eigenvalue weighted by atomic mass is 10.3. The lowest BCUT2D eigenvalue weighted by Gasteiger charge is -2.00. The van der Waals surface area contributed by atoms with E-state index in [9.17, 15) is 8.78 Å². The quantitative estimate of drug-likeness (QED) is 0.770. The van der Waals surface area contributed by atoms with Gasteiger partial charge in [0.15, 0.2) is 0 Å². The van der Waals surface area contributed by atoms with Gasteiger partial charge >= 0.3 is 0 Å². The maximum Gasteiger partial charge on any atom is 0.282 e. The molecule has 15 heavy (non-hydrogen) atoms. The molecule has 0 aliphatic rings. The van der Waals surface area contributed by atoms with Crippen LogP contribution >= 0.6 is 11.6 Å². The predicted octanol–water partition coefficient (Wildman–Crippen LogP) is 3.46. The highest BCUT2D eigenvalue weighted by molar-refractivity contribution is 6.30. The number of aromatic nitrogens is 2. The molecule has 0 aliphatic carbocycles. The van der Waals surface area contributed by atoms with Crippen LogP contribution in [0.2, 0.25) is 5.02 Å². The van der Waals surface area contributed by atoms with Crippen LogP contribution in [-0.4, -0.2) is 9.78 Å². The van der Waals surface area contributed by atoms with Gasteiger partial charge in [-0.05, 0) is 30.3 Å². The summed E-state index contributed by atoms with van der Waals surface area (Å²) in [6, 6.07) is 8.08. The molecule has 2 rings (SSSR count). The largest absolute Gasteiger partial charge is 0.282 e. The highest BCUT2D eigenvalue weighted by atomic mass is 35.5. The Labute approximate surface area is 90.1 Å². The highest BCUT2D eigenvalue weighted by Gasteiger charge is 2.10. The third-order valence-electron chi connectivity index (χ3n) is 1.92. The van der Waals surface area contributed by atoms with Crippen molar-refractivity contribution in [3.63, 3.8) is 0 Å². The fourth-order valence-corrected chi connectivity index (χ4v) is 1.32. The maximum absolute atomic E-state index is 12.3. The van der Waals surface area contributed by atoms with Crippen molar-refractivity contribution in [3.8, 4) is 5.69 Å². The summed E-state index contributed by atoms with van der Waals surface area (Å²) in [6.45, 7) is 0. The van der Waals surface area contributed by atoms with Gasteiger partial charge in [-0.15, -0.1) is 0 Å². The van der Waals surface area contributed by atoms with Crippen LogP contribution in [0.15, 0.2) is 36.5 Å². The van der Waals surface area contributed by atoms with E-state index in [1.807, 2.05) is 0 Å². The number of rotatable bonds is 2. The van der Waals surface area contributed by atoms with Crippen LogP contribution in [0.4, 0.5) is 8.78 Å². The third-order valence-corrected chi connectivity index (χ3v) is 2.18. The second-order valence-electron chi connectivity index (χ2n) is 2.96. The molecule has 0 saturated heterocycles. The van der Waals surface area contributed by atoms with E-state index >= 15 is 0 Å². The van der Waals surface area contributed by atoms with Gasteiger partial charge in [0.05, 0.1) is 5.69 Å². The average Bonchev–Trinajstić information content (AvgIpc) is 2.68. The summed E-state index contributed by atoms with van der Waals surface area (Å²) in [6.07, 6.45) is -1.05. The van der Waals surface area contributed by atoms with Gasteiger partial charge in [-0.3, -0.25) is 0 Å². The van der Waals surface area contributed by atoms with E-state index < -0.39 is 6.43 Å². The molecule has 2 aromatic rings. The summed E-state index contributed by atoms with van der Waals surface area (Å²) in [5.74, 6) is 0. The van der Waals surface area contributed by atoms with E-state index in [1.54, 1.807) is 24.3 Å². The van der Waals surface area contributed by atoms with Crippen molar-refractivity contribution >= 4 is 11.6 Å². The van der Waals surface area contributed by atoms with Gasteiger partial charge in [0, 0.05) is 11.2 Å². The minimum Gasteiger partial charge on any atom is -0.241 e. The first-order valence-corrected chi connectivity index (χ1v) is 4.64. The second kappa shape index (κ2) is 3.98. The van der Waals surface area contributed by atoms with Gasteiger partial charge in [-0.2, -0.15) is 5.10 Å². The smallest absolute Gasteiger partial charge is 0.241 e. The molecular weight excluding hydrogens is 222 g/mol. The molecule has 1 aromatic heterocycles. The molecule has 5 heteroatoms. The van der Waals surface area contributed by atoms with Crippen molar-refractivity contribution in [2.45, 2.75) is 6.43 Å². The fourth-order valence-electron chi connectivity index (χ4n) is 1.19. The topological polar surface area (TPSA) is 17.8 Å². The van der Waals surface area contributed by atoms with Crippen molar-refractivity contribution < 1.29 is 8.78 Å². The SMILES string of the molecule is FC(F)c1ccn(-c2ccc(Cl)cc2)n1. The molecular formula is C10H7ClF2N2. The first kappa shape index (κ1) is 10.1. The zero-order valence-corrected chi connectivity index (χ0v) is 8.33. The summed E-state index contributed by atoms with van der Waals surface area (Å²) in [7, 11) is 0. The van der Waals surface area contributed by atoms with E-state index in [0.717, 1.165) is 0 Å². The van der Waals surface area contributed by atoms with Crippen LogP contribution < -0.4 is 0 Å². The van der Waals surface area contributed by atoms with Gasteiger partial charge in [-0.1, -0.05) is 11.6 Å². The molecule has 0 bridgehead atoms. The lowest BCUT2D eigenvalue weighted by Crippen LogP contribution is -1.95. The van der Waals surface area contributed by atoms with E-state index in [0.29, 0.717) is 10.7 Å². The molecule has 0 saturated carbocycles. The molecule has 1 heterocycles. The first-order chi connectivity index (χ1) is 7.16. The van der Waals surface area contributed by atoms with Crippen LogP contribution in [0.5, 0.6) is 0 Å². The Morgan fingerprint density at radius 2 is 1.80 bits per heavy atom. The summed E-state index contributed by atoms with van der Waals surface area (Å²) in [5.41, 5.74) is 0.469. The normalized spacial score (nSPS) is 10.9. The zero-order chi connectivity index (χ0) is 10.8. The number of alkyl halides is 2. The molecule has 2 nitrogen and oxygen atoms in total. The molecule has 0 atom stereocenters. The maximum atomic E-state index is 12.3. The van der Waals surface area contributed by atoms with Crippen molar-refractivity contribution in [2.24, 2.45) is 0 Å². The van der Waals surface area contributed by atoms with Crippen LogP contribution in [0.1, 0.15) is 12.1 Å². The molecule has 0 spiro atoms. The Bertz CT molecular complexity index is 451. The van der Waals surface area contributed by atoms with Crippen molar-refractivity contribution in [2.75, 3.05) is 0 Å². The molecule has 0 N–H and O–H groups in total. The monoisotopic (exact) mass is 228 g/mol. The Morgan fingerprint density at radius 3 is 2.33 bits per heavy atom. The van der Waals surface area contributed by atoms with Crippen LogP contribution in [0.3, 0.4) is 0 Å². The van der Waals surface area contributed by atoms with E-state index in [4.69, 9.17) is 11.6 Å². The minimum absolute atomic E-state index is 0.232. The van der Waals surface area contributed by atoms with Crippen LogP contribution in [-0.2, 0) is 0 Å². The average molecular weight is 229 g/mol. The Morgan fingerprint density at radius 1 is 1.13 bits per heavy atom. The molecule has 78 valence electrons. The first-order valence-electron chi connectivity index (χ1n) is 4.26. The number of nitrogens with zero attached hydrogens (tertiary/aromatic N) is 2. The van der Waals surface area contributed by atoms with Gasteiger partial charge in [0.2, 0.25) is 0 Å². The van der Waals surface area contributed by atoms with Crippen molar-refractivity contribution in [1.82, 2.24) is 9.78 Å². The van der Waals surface area contributed by atoms with Gasteiger partial charge < -0.3 is 0 Å². The Hall–Kier alpha value is -1.42. The number of hydrogen-bond donors (Lipinski definition) is 0. The standard InChI is InChI=1S/C10H7ClF2N2/c11-7-1-3-8(4-2-7)15-6-5-9(14-15)10(12)13/h1-6,10H. The Kier molecular flexibility index (Phi) is 2.68. The van der Waals surface area contributed by atoms with Gasteiger partial charge in [-0.25, -0.2) is 13.5 Å². The second-order valence-corrected chi connectivity index (χ2v) is 3.40. The molecule has 0 unspecified atom stereocenters. The highest BCUT2D eigenvalue weighted by Crippen LogP contribution is 2.18. The van der Waals surface area contributed by atoms with E-state index in [1.165, 1.54) is 16.9 Å². The van der Waals surface area contributed by atoms with Crippen molar-refractivity contribution in [3.05, 3.63) is 47.2 Å². The summed E-state index contributed by atoms with van der Waals surface area (Å²) in [5, 5.41) is 4.33. The Balaban J connectivity index is 2.33. The summed E-state index contributed by atoms with van der Waals surface area (Å²) >= 11 is 5.71. The van der Waals surface area contributed by atoms with Crippen molar-refractivity contribution in [1.29, 1.82) is 0 Å². The zero-order valence-electron chi connectivity index (χ0n) is 7.57. The number of hydrogen-bond acceptors (Lipinski definition) is 1. The molecule has 0 amide bonds. The lowest BCUT2D eigenvalue weighted by molar-refractivity contribution is 0.145. The molecule has 1 aromatic carbocycles. The third kappa shape index (κ3) is 2.15. The summed E-state index contributed by atoms with van der Waals surface area (Å²) < 4.78 is 25.9. The number of benzene rings is 1. The number of halogens is 3. The predicted molar refractivity (Wildman–Crippen MR) is 53.5 cm³/mol. The fraction of sp³-hybridized carbons (Fsp3) is 0.100. The minimum atomic E-state index is -2.54. The van der Waals surface area contributed by atoms with Gasteiger partial charge in [0.25, 0.3) is 6.43 Å².